The van der Waals surface area contributed by atoms with Crippen molar-refractivity contribution in [2.45, 2.75) is 26.3 Å². The summed E-state index contributed by atoms with van der Waals surface area (Å²) in [7, 11) is 1.97. The molecule has 0 radical (unpaired) electrons. The first-order valence-electron chi connectivity index (χ1n) is 7.66. The number of halogens is 1. The first kappa shape index (κ1) is 17.2. The molecule has 1 aromatic carbocycles. The number of aromatic nitrogens is 2. The highest BCUT2D eigenvalue weighted by molar-refractivity contribution is 6.30. The molecule has 0 aliphatic rings. The molecule has 1 aromatic heterocycles. The summed E-state index contributed by atoms with van der Waals surface area (Å²) in [6, 6.07) is 9.08. The van der Waals surface area contributed by atoms with Crippen LogP contribution in [0.1, 0.15) is 35.8 Å². The number of carbonyl (C=O) groups excluding carboxylic acids is 1. The molecule has 0 aliphatic carbocycles. The zero-order valence-corrected chi connectivity index (χ0v) is 14.2. The third-order valence-corrected chi connectivity index (χ3v) is 3.74. The molecule has 5 nitrogen and oxygen atoms in total. The second kappa shape index (κ2) is 8.48. The van der Waals surface area contributed by atoms with Crippen molar-refractivity contribution in [1.82, 2.24) is 15.3 Å². The number of anilines is 1. The molecule has 0 saturated heterocycles. The van der Waals surface area contributed by atoms with E-state index in [-0.39, 0.29) is 5.91 Å². The number of nitrogens with one attached hydrogen (secondary N) is 1. The number of carbonyl (C=O) groups is 1. The summed E-state index contributed by atoms with van der Waals surface area (Å²) < 4.78 is 0. The zero-order chi connectivity index (χ0) is 16.7. The van der Waals surface area contributed by atoms with E-state index in [4.69, 9.17) is 11.6 Å². The van der Waals surface area contributed by atoms with Crippen molar-refractivity contribution in [3.05, 3.63) is 52.9 Å². The predicted molar refractivity (Wildman–Crippen MR) is 92.8 cm³/mol. The van der Waals surface area contributed by atoms with Gasteiger partial charge in [-0.05, 0) is 24.1 Å². The van der Waals surface area contributed by atoms with Crippen molar-refractivity contribution >= 4 is 23.3 Å². The van der Waals surface area contributed by atoms with Crippen molar-refractivity contribution in [1.29, 1.82) is 0 Å². The molecule has 0 fully saturated rings. The second-order valence-electron chi connectivity index (χ2n) is 5.35. The standard InChI is InChI=1S/C17H21ClN4O/c1-3-4-9-22(2)16-10-15(20-12-21-16)17(23)19-11-13-5-7-14(18)8-6-13/h5-8,10,12H,3-4,9,11H2,1-2H3,(H,19,23). The van der Waals surface area contributed by atoms with E-state index in [1.54, 1.807) is 18.2 Å². The van der Waals surface area contributed by atoms with Gasteiger partial charge in [0, 0.05) is 31.2 Å². The molecule has 0 saturated carbocycles. The highest BCUT2D eigenvalue weighted by Crippen LogP contribution is 2.11. The molecule has 2 aromatic rings. The molecule has 0 spiro atoms. The fraction of sp³-hybridized carbons (Fsp3) is 0.353. The molecule has 6 heteroatoms. The van der Waals surface area contributed by atoms with Gasteiger partial charge in [0.15, 0.2) is 0 Å². The molecule has 23 heavy (non-hydrogen) atoms. The Hall–Kier alpha value is -2.14. The maximum absolute atomic E-state index is 12.2. The highest BCUT2D eigenvalue weighted by Gasteiger charge is 2.10. The summed E-state index contributed by atoms with van der Waals surface area (Å²) in [4.78, 5) is 22.5. The Bertz CT molecular complexity index is 645. The molecule has 1 N–H and O–H groups in total. The van der Waals surface area contributed by atoms with E-state index in [1.807, 2.05) is 24.1 Å². The van der Waals surface area contributed by atoms with E-state index >= 15 is 0 Å². The third kappa shape index (κ3) is 5.21. The smallest absolute Gasteiger partial charge is 0.270 e. The average molecular weight is 333 g/mol. The van der Waals surface area contributed by atoms with Crippen LogP contribution < -0.4 is 10.2 Å². The number of rotatable bonds is 7. The van der Waals surface area contributed by atoms with Gasteiger partial charge in [-0.25, -0.2) is 9.97 Å². The molecular formula is C17H21ClN4O. The van der Waals surface area contributed by atoms with Gasteiger partial charge in [0.1, 0.15) is 17.8 Å². The second-order valence-corrected chi connectivity index (χ2v) is 5.78. The summed E-state index contributed by atoms with van der Waals surface area (Å²) in [5, 5.41) is 3.53. The molecule has 0 unspecified atom stereocenters. The molecular weight excluding hydrogens is 312 g/mol. The Morgan fingerprint density at radius 2 is 2.00 bits per heavy atom. The van der Waals surface area contributed by atoms with Crippen LogP contribution in [0.25, 0.3) is 0 Å². The van der Waals surface area contributed by atoms with Gasteiger partial charge >= 0.3 is 0 Å². The van der Waals surface area contributed by atoms with Crippen molar-refractivity contribution < 1.29 is 4.79 Å². The lowest BCUT2D eigenvalue weighted by Gasteiger charge is -2.17. The fourth-order valence-electron chi connectivity index (χ4n) is 2.06. The Balaban J connectivity index is 1.97. The van der Waals surface area contributed by atoms with Gasteiger partial charge in [-0.2, -0.15) is 0 Å². The van der Waals surface area contributed by atoms with Gasteiger partial charge in [0.05, 0.1) is 0 Å². The number of benzene rings is 1. The van der Waals surface area contributed by atoms with Crippen LogP contribution in [0.4, 0.5) is 5.82 Å². The number of amides is 1. The maximum atomic E-state index is 12.2. The van der Waals surface area contributed by atoms with Gasteiger partial charge in [-0.3, -0.25) is 4.79 Å². The lowest BCUT2D eigenvalue weighted by molar-refractivity contribution is 0.0946. The maximum Gasteiger partial charge on any atom is 0.270 e. The fourth-order valence-corrected chi connectivity index (χ4v) is 2.19. The van der Waals surface area contributed by atoms with Crippen LogP contribution in [0.3, 0.4) is 0 Å². The van der Waals surface area contributed by atoms with E-state index in [1.165, 1.54) is 6.33 Å². The van der Waals surface area contributed by atoms with E-state index in [2.05, 4.69) is 22.2 Å². The lowest BCUT2D eigenvalue weighted by Crippen LogP contribution is -2.25. The van der Waals surface area contributed by atoms with Crippen LogP contribution in [0.15, 0.2) is 36.7 Å². The molecule has 1 amide bonds. The largest absolute Gasteiger partial charge is 0.360 e. The van der Waals surface area contributed by atoms with Crippen molar-refractivity contribution in [2.75, 3.05) is 18.5 Å². The molecule has 0 atom stereocenters. The monoisotopic (exact) mass is 332 g/mol. The zero-order valence-electron chi connectivity index (χ0n) is 13.4. The van der Waals surface area contributed by atoms with Crippen LogP contribution in [-0.4, -0.2) is 29.5 Å². The Labute approximate surface area is 141 Å². The van der Waals surface area contributed by atoms with E-state index < -0.39 is 0 Å². The number of nitrogens with zero attached hydrogens (tertiary/aromatic N) is 3. The molecule has 122 valence electrons. The quantitative estimate of drug-likeness (QED) is 0.845. The van der Waals surface area contributed by atoms with Crippen LogP contribution in [0.5, 0.6) is 0 Å². The summed E-state index contributed by atoms with van der Waals surface area (Å²) >= 11 is 5.84. The van der Waals surface area contributed by atoms with Crippen LogP contribution in [0, 0.1) is 0 Å². The summed E-state index contributed by atoms with van der Waals surface area (Å²) in [5.74, 6) is 0.539. The minimum atomic E-state index is -0.215. The molecule has 2 rings (SSSR count). The predicted octanol–water partition coefficient (Wildman–Crippen LogP) is 3.30. The van der Waals surface area contributed by atoms with Gasteiger partial charge in [0.2, 0.25) is 0 Å². The number of hydrogen-bond acceptors (Lipinski definition) is 4. The Kier molecular flexibility index (Phi) is 6.35. The Morgan fingerprint density at radius 3 is 2.70 bits per heavy atom. The SMILES string of the molecule is CCCCN(C)c1cc(C(=O)NCc2ccc(Cl)cc2)ncn1. The van der Waals surface area contributed by atoms with Crippen molar-refractivity contribution in [3.63, 3.8) is 0 Å². The summed E-state index contributed by atoms with van der Waals surface area (Å²) in [5.41, 5.74) is 1.35. The van der Waals surface area contributed by atoms with Gasteiger partial charge in [-0.15, -0.1) is 0 Å². The summed E-state index contributed by atoms with van der Waals surface area (Å²) in [6.45, 7) is 3.48. The first-order valence-corrected chi connectivity index (χ1v) is 8.03. The topological polar surface area (TPSA) is 58.1 Å². The molecule has 0 bridgehead atoms. The normalized spacial score (nSPS) is 10.4. The van der Waals surface area contributed by atoms with Gasteiger partial charge in [0.25, 0.3) is 5.91 Å². The van der Waals surface area contributed by atoms with Crippen molar-refractivity contribution in [3.8, 4) is 0 Å². The van der Waals surface area contributed by atoms with Crippen LogP contribution in [0.2, 0.25) is 5.02 Å². The van der Waals surface area contributed by atoms with Crippen LogP contribution >= 0.6 is 11.6 Å². The van der Waals surface area contributed by atoms with Crippen molar-refractivity contribution in [2.24, 2.45) is 0 Å². The van der Waals surface area contributed by atoms with E-state index in [9.17, 15) is 4.79 Å². The minimum Gasteiger partial charge on any atom is -0.360 e. The van der Waals surface area contributed by atoms with E-state index in [0.29, 0.717) is 17.3 Å². The number of hydrogen-bond donors (Lipinski definition) is 1. The average Bonchev–Trinajstić information content (AvgIpc) is 2.59. The molecule has 0 aliphatic heterocycles. The highest BCUT2D eigenvalue weighted by atomic mass is 35.5. The molecule has 1 heterocycles. The van der Waals surface area contributed by atoms with Gasteiger partial charge < -0.3 is 10.2 Å². The number of unbranched alkanes of at least 4 members (excludes halogenated alkanes) is 1. The third-order valence-electron chi connectivity index (χ3n) is 3.49. The summed E-state index contributed by atoms with van der Waals surface area (Å²) in [6.07, 6.45) is 3.62. The van der Waals surface area contributed by atoms with E-state index in [0.717, 1.165) is 30.8 Å². The van der Waals surface area contributed by atoms with Gasteiger partial charge in [-0.1, -0.05) is 37.1 Å². The Morgan fingerprint density at radius 1 is 1.26 bits per heavy atom. The minimum absolute atomic E-state index is 0.215. The first-order chi connectivity index (χ1) is 11.1. The lowest BCUT2D eigenvalue weighted by atomic mass is 10.2. The van der Waals surface area contributed by atoms with Crippen LogP contribution in [-0.2, 0) is 6.54 Å².